The number of halogens is 1. The summed E-state index contributed by atoms with van der Waals surface area (Å²) in [6, 6.07) is 18.3. The van der Waals surface area contributed by atoms with Crippen LogP contribution in [0.25, 0.3) is 0 Å². The Morgan fingerprint density at radius 3 is 2.44 bits per heavy atom. The smallest absolute Gasteiger partial charge is 0.284 e. The summed E-state index contributed by atoms with van der Waals surface area (Å²) in [4.78, 5) is 24.4. The van der Waals surface area contributed by atoms with Gasteiger partial charge in [0, 0.05) is 5.56 Å². The Morgan fingerprint density at radius 1 is 1.12 bits per heavy atom. The van der Waals surface area contributed by atoms with Gasteiger partial charge in [-0.05, 0) is 17.7 Å². The molecule has 0 fully saturated rings. The summed E-state index contributed by atoms with van der Waals surface area (Å²) in [5.41, 5.74) is 3.90. The quantitative estimate of drug-likeness (QED) is 0.552. The lowest BCUT2D eigenvalue weighted by Crippen LogP contribution is -2.17. The van der Waals surface area contributed by atoms with Crippen LogP contribution in [0.15, 0.2) is 70.6 Å². The van der Waals surface area contributed by atoms with Crippen molar-refractivity contribution in [2.45, 2.75) is 6.54 Å². The number of hydrogen-bond acceptors (Lipinski definition) is 4. The molecule has 0 saturated carbocycles. The number of aromatic nitrogens is 1. The van der Waals surface area contributed by atoms with Gasteiger partial charge in [-0.3, -0.25) is 14.2 Å². The lowest BCUT2D eigenvalue weighted by atomic mass is 10.2. The first-order valence-corrected chi connectivity index (χ1v) is 8.66. The van der Waals surface area contributed by atoms with E-state index in [1.165, 1.54) is 10.8 Å². The standard InChI is InChI=1S/C18H14ClN3O2S/c19-16-15(11-20-21-17(23)14-9-5-2-6-10-14)25-18(24)22(16)12-13-7-3-1-4-8-13/h1-11H,12H2,(H,21,23)/b20-11+. The van der Waals surface area contributed by atoms with Crippen LogP contribution in [0.4, 0.5) is 0 Å². The van der Waals surface area contributed by atoms with Gasteiger partial charge in [-0.1, -0.05) is 71.5 Å². The molecule has 2 aromatic carbocycles. The third kappa shape index (κ3) is 4.23. The van der Waals surface area contributed by atoms with Crippen molar-refractivity contribution in [3.05, 3.63) is 91.5 Å². The average molecular weight is 372 g/mol. The number of rotatable bonds is 5. The fourth-order valence-corrected chi connectivity index (χ4v) is 3.29. The summed E-state index contributed by atoms with van der Waals surface area (Å²) < 4.78 is 1.47. The van der Waals surface area contributed by atoms with Crippen molar-refractivity contribution in [2.24, 2.45) is 5.10 Å². The van der Waals surface area contributed by atoms with Crippen LogP contribution < -0.4 is 10.3 Å². The van der Waals surface area contributed by atoms with Crippen molar-refractivity contribution in [1.29, 1.82) is 0 Å². The molecule has 0 atom stereocenters. The second-order valence-corrected chi connectivity index (χ2v) is 6.51. The van der Waals surface area contributed by atoms with E-state index in [9.17, 15) is 9.59 Å². The topological polar surface area (TPSA) is 63.5 Å². The van der Waals surface area contributed by atoms with Crippen molar-refractivity contribution in [3.63, 3.8) is 0 Å². The minimum atomic E-state index is -0.330. The molecule has 126 valence electrons. The Labute approximate surface area is 153 Å². The predicted octanol–water partition coefficient (Wildman–Crippen LogP) is 3.38. The number of thiazole rings is 1. The lowest BCUT2D eigenvalue weighted by Gasteiger charge is -2.03. The van der Waals surface area contributed by atoms with Gasteiger partial charge in [-0.2, -0.15) is 5.10 Å². The van der Waals surface area contributed by atoms with Crippen molar-refractivity contribution in [2.75, 3.05) is 0 Å². The summed E-state index contributed by atoms with van der Waals surface area (Å²) in [6.07, 6.45) is 1.39. The van der Waals surface area contributed by atoms with Gasteiger partial charge < -0.3 is 0 Å². The fraction of sp³-hybridized carbons (Fsp3) is 0.0556. The molecular formula is C18H14ClN3O2S. The molecule has 0 aliphatic carbocycles. The highest BCUT2D eigenvalue weighted by Gasteiger charge is 2.12. The van der Waals surface area contributed by atoms with Crippen molar-refractivity contribution >= 4 is 35.1 Å². The molecule has 1 N–H and O–H groups in total. The Hall–Kier alpha value is -2.70. The minimum Gasteiger partial charge on any atom is -0.284 e. The van der Waals surface area contributed by atoms with Crippen LogP contribution in [0.2, 0.25) is 5.15 Å². The van der Waals surface area contributed by atoms with Crippen LogP contribution in [-0.4, -0.2) is 16.7 Å². The van der Waals surface area contributed by atoms with Crippen LogP contribution in [0.3, 0.4) is 0 Å². The van der Waals surface area contributed by atoms with Gasteiger partial charge in [0.25, 0.3) is 5.91 Å². The van der Waals surface area contributed by atoms with Gasteiger partial charge in [0.1, 0.15) is 5.15 Å². The van der Waals surface area contributed by atoms with Crippen LogP contribution in [0, 0.1) is 0 Å². The number of nitrogens with one attached hydrogen (secondary N) is 1. The molecule has 0 aliphatic rings. The van der Waals surface area contributed by atoms with E-state index in [0.29, 0.717) is 22.1 Å². The summed E-state index contributed by atoms with van der Waals surface area (Å²) in [6.45, 7) is 0.388. The van der Waals surface area contributed by atoms with Crippen molar-refractivity contribution in [1.82, 2.24) is 9.99 Å². The van der Waals surface area contributed by atoms with E-state index in [-0.39, 0.29) is 10.8 Å². The molecule has 3 rings (SSSR count). The molecule has 0 aliphatic heterocycles. The van der Waals surface area contributed by atoms with Crippen LogP contribution in [0.5, 0.6) is 0 Å². The van der Waals surface area contributed by atoms with Gasteiger partial charge in [0.15, 0.2) is 0 Å². The first-order chi connectivity index (χ1) is 12.1. The molecular weight excluding hydrogens is 358 g/mol. The highest BCUT2D eigenvalue weighted by Crippen LogP contribution is 2.18. The Bertz CT molecular complexity index is 949. The molecule has 0 bridgehead atoms. The number of benzene rings is 2. The fourth-order valence-electron chi connectivity index (χ4n) is 2.19. The summed E-state index contributed by atoms with van der Waals surface area (Å²) in [5.74, 6) is -0.330. The number of hydrazone groups is 1. The second-order valence-electron chi connectivity index (χ2n) is 5.16. The van der Waals surface area contributed by atoms with Crippen LogP contribution >= 0.6 is 22.9 Å². The molecule has 0 unspecified atom stereocenters. The number of amides is 1. The average Bonchev–Trinajstić information content (AvgIpc) is 2.91. The first-order valence-electron chi connectivity index (χ1n) is 7.46. The van der Waals surface area contributed by atoms with E-state index in [2.05, 4.69) is 10.5 Å². The molecule has 1 heterocycles. The maximum absolute atomic E-state index is 12.1. The molecule has 0 spiro atoms. The molecule has 1 aromatic heterocycles. The van der Waals surface area contributed by atoms with E-state index in [0.717, 1.165) is 16.9 Å². The molecule has 1 amide bonds. The maximum Gasteiger partial charge on any atom is 0.309 e. The molecule has 0 saturated heterocycles. The number of hydrogen-bond donors (Lipinski definition) is 1. The maximum atomic E-state index is 12.1. The van der Waals surface area contributed by atoms with E-state index in [1.807, 2.05) is 36.4 Å². The van der Waals surface area contributed by atoms with Gasteiger partial charge in [-0.15, -0.1) is 0 Å². The zero-order valence-corrected chi connectivity index (χ0v) is 14.6. The number of carbonyl (C=O) groups excluding carboxylic acids is 1. The summed E-state index contributed by atoms with van der Waals surface area (Å²) >= 11 is 7.26. The van der Waals surface area contributed by atoms with Gasteiger partial charge in [0.05, 0.1) is 17.6 Å². The molecule has 5 nitrogen and oxygen atoms in total. The van der Waals surface area contributed by atoms with Crippen LogP contribution in [0.1, 0.15) is 20.8 Å². The number of nitrogens with zero attached hydrogens (tertiary/aromatic N) is 2. The van der Waals surface area contributed by atoms with E-state index >= 15 is 0 Å². The highest BCUT2D eigenvalue weighted by atomic mass is 35.5. The Morgan fingerprint density at radius 2 is 1.76 bits per heavy atom. The van der Waals surface area contributed by atoms with Crippen LogP contribution in [-0.2, 0) is 6.54 Å². The SMILES string of the molecule is O=C(N/N=C/c1sc(=O)n(Cc2ccccc2)c1Cl)c1ccccc1. The third-order valence-corrected chi connectivity index (χ3v) is 4.86. The minimum absolute atomic E-state index is 0.176. The molecule has 25 heavy (non-hydrogen) atoms. The first kappa shape index (κ1) is 17.1. The molecule has 3 aromatic rings. The highest BCUT2D eigenvalue weighted by molar-refractivity contribution is 7.11. The van der Waals surface area contributed by atoms with E-state index < -0.39 is 0 Å². The van der Waals surface area contributed by atoms with Crippen molar-refractivity contribution < 1.29 is 4.79 Å². The summed E-state index contributed by atoms with van der Waals surface area (Å²) in [5, 5.41) is 4.19. The lowest BCUT2D eigenvalue weighted by molar-refractivity contribution is 0.0955. The van der Waals surface area contributed by atoms with Gasteiger partial charge >= 0.3 is 4.87 Å². The predicted molar refractivity (Wildman–Crippen MR) is 101 cm³/mol. The zero-order chi connectivity index (χ0) is 17.6. The van der Waals surface area contributed by atoms with Gasteiger partial charge in [0.2, 0.25) is 0 Å². The normalized spacial score (nSPS) is 10.9. The molecule has 7 heteroatoms. The number of carbonyl (C=O) groups is 1. The Balaban J connectivity index is 1.72. The monoisotopic (exact) mass is 371 g/mol. The third-order valence-electron chi connectivity index (χ3n) is 3.43. The van der Waals surface area contributed by atoms with Crippen molar-refractivity contribution in [3.8, 4) is 0 Å². The summed E-state index contributed by atoms with van der Waals surface area (Å²) in [7, 11) is 0. The van der Waals surface area contributed by atoms with E-state index in [4.69, 9.17) is 11.6 Å². The second kappa shape index (κ2) is 7.92. The zero-order valence-electron chi connectivity index (χ0n) is 13.1. The van der Waals surface area contributed by atoms with E-state index in [1.54, 1.807) is 24.3 Å². The molecule has 0 radical (unpaired) electrons. The van der Waals surface area contributed by atoms with Gasteiger partial charge in [-0.25, -0.2) is 5.43 Å². The Kier molecular flexibility index (Phi) is 5.42. The largest absolute Gasteiger partial charge is 0.309 e.